The van der Waals surface area contributed by atoms with Crippen molar-refractivity contribution in [3.8, 4) is 0 Å². The van der Waals surface area contributed by atoms with Crippen LogP contribution >= 0.6 is 0 Å². The molecule has 0 aromatic rings. The molecule has 0 saturated carbocycles. The van der Waals surface area contributed by atoms with Crippen molar-refractivity contribution in [2.24, 2.45) is 0 Å². The number of hydrogen-bond donors (Lipinski definition) is 0. The molecule has 106 valence electrons. The fraction of sp³-hybridized carbons (Fsp3) is 0.727. The average molecular weight is 264 g/mol. The Morgan fingerprint density at radius 2 is 0.944 bits per heavy atom. The minimum atomic E-state index is -0.368. The number of carbonyl (C=O) groups excluding carboxylic acids is 3. The van der Waals surface area contributed by atoms with E-state index in [4.69, 9.17) is 0 Å². The minimum Gasteiger partial charge on any atom is -0.463 e. The summed E-state index contributed by atoms with van der Waals surface area (Å²) in [6, 6.07) is 0. The molecule has 0 fully saturated rings. The second kappa shape index (κ2) is 13.4. The maximum Gasteiger partial charge on any atom is 0.302 e. The number of esters is 3. The van der Waals surface area contributed by atoms with Gasteiger partial charge < -0.3 is 18.9 Å². The Bertz CT molecular complexity index is 234. The fourth-order valence-corrected chi connectivity index (χ4v) is 0.640. The van der Waals surface area contributed by atoms with Gasteiger partial charge in [0.2, 0.25) is 0 Å². The standard InChI is InChI=1S/C6H10O4.C5H10O3/c1-5(7)9-3-4-10-6(2)8;1-5(6)8-4-3-7-2/h3-4H2,1-2H3;3-4H2,1-2H3. The second-order valence-corrected chi connectivity index (χ2v) is 3.01. The first-order valence-corrected chi connectivity index (χ1v) is 5.29. The molecule has 18 heavy (non-hydrogen) atoms. The predicted octanol–water partition coefficient (Wildman–Crippen LogP) is 0.308. The molecule has 0 heterocycles. The lowest BCUT2D eigenvalue weighted by Crippen LogP contribution is -2.09. The summed E-state index contributed by atoms with van der Waals surface area (Å²) in [6.45, 7) is 5.06. The van der Waals surface area contributed by atoms with Gasteiger partial charge in [-0.3, -0.25) is 14.4 Å². The van der Waals surface area contributed by atoms with E-state index >= 15 is 0 Å². The molecule has 7 nitrogen and oxygen atoms in total. The van der Waals surface area contributed by atoms with E-state index in [1.54, 1.807) is 7.11 Å². The molecule has 0 amide bonds. The molecule has 0 rings (SSSR count). The molecule has 0 atom stereocenters. The van der Waals surface area contributed by atoms with Crippen LogP contribution in [0, 0.1) is 0 Å². The van der Waals surface area contributed by atoms with Crippen molar-refractivity contribution in [1.82, 2.24) is 0 Å². The number of methoxy groups -OCH3 is 1. The van der Waals surface area contributed by atoms with Gasteiger partial charge in [0.25, 0.3) is 0 Å². The molecule has 0 aliphatic carbocycles. The lowest BCUT2D eigenvalue weighted by Gasteiger charge is -2.00. The van der Waals surface area contributed by atoms with Crippen LogP contribution in [0.3, 0.4) is 0 Å². The number of rotatable bonds is 6. The molecule has 0 saturated heterocycles. The summed E-state index contributed by atoms with van der Waals surface area (Å²) in [5.74, 6) is -0.999. The lowest BCUT2D eigenvalue weighted by atomic mass is 10.7. The summed E-state index contributed by atoms with van der Waals surface area (Å²) < 4.78 is 18.1. The van der Waals surface area contributed by atoms with Gasteiger partial charge in [-0.15, -0.1) is 0 Å². The summed E-state index contributed by atoms with van der Waals surface area (Å²) >= 11 is 0. The summed E-state index contributed by atoms with van der Waals surface area (Å²) in [7, 11) is 1.56. The quantitative estimate of drug-likeness (QED) is 0.387. The first-order valence-electron chi connectivity index (χ1n) is 5.29. The van der Waals surface area contributed by atoms with E-state index in [1.807, 2.05) is 0 Å². The van der Waals surface area contributed by atoms with Crippen LogP contribution < -0.4 is 0 Å². The molecule has 0 aliphatic rings. The van der Waals surface area contributed by atoms with Crippen LogP contribution in [-0.4, -0.2) is 51.4 Å². The van der Waals surface area contributed by atoms with E-state index in [9.17, 15) is 14.4 Å². The zero-order valence-electron chi connectivity index (χ0n) is 11.2. The first-order chi connectivity index (χ1) is 8.40. The maximum absolute atomic E-state index is 10.1. The minimum absolute atomic E-state index is 0.134. The Kier molecular flexibility index (Phi) is 14.0. The zero-order chi connectivity index (χ0) is 14.4. The zero-order valence-corrected chi connectivity index (χ0v) is 11.2. The molecular formula is C11H20O7. The molecule has 0 bridgehead atoms. The summed E-state index contributed by atoms with van der Waals surface area (Å²) in [5.41, 5.74) is 0. The number of carbonyl (C=O) groups is 3. The van der Waals surface area contributed by atoms with Gasteiger partial charge in [-0.1, -0.05) is 0 Å². The second-order valence-electron chi connectivity index (χ2n) is 3.01. The van der Waals surface area contributed by atoms with Gasteiger partial charge in [-0.05, 0) is 0 Å². The van der Waals surface area contributed by atoms with Crippen LogP contribution in [0.2, 0.25) is 0 Å². The van der Waals surface area contributed by atoms with Crippen LogP contribution in [0.15, 0.2) is 0 Å². The van der Waals surface area contributed by atoms with Crippen LogP contribution in [-0.2, 0) is 33.3 Å². The number of ether oxygens (including phenoxy) is 4. The molecule has 0 aliphatic heterocycles. The highest BCUT2D eigenvalue weighted by Crippen LogP contribution is 1.79. The van der Waals surface area contributed by atoms with Crippen LogP contribution in [0.1, 0.15) is 20.8 Å². The van der Waals surface area contributed by atoms with Gasteiger partial charge in [0, 0.05) is 27.9 Å². The summed E-state index contributed by atoms with van der Waals surface area (Å²) in [6.07, 6.45) is 0. The van der Waals surface area contributed by atoms with Crippen molar-refractivity contribution in [3.63, 3.8) is 0 Å². The van der Waals surface area contributed by atoms with Gasteiger partial charge in [0.15, 0.2) is 0 Å². The summed E-state index contributed by atoms with van der Waals surface area (Å²) in [4.78, 5) is 30.3. The van der Waals surface area contributed by atoms with E-state index in [-0.39, 0.29) is 31.1 Å². The van der Waals surface area contributed by atoms with E-state index in [0.717, 1.165) is 0 Å². The average Bonchev–Trinajstić information content (AvgIpc) is 2.25. The van der Waals surface area contributed by atoms with Crippen molar-refractivity contribution < 1.29 is 33.3 Å². The SMILES string of the molecule is CC(=O)OCCOC(C)=O.COCCOC(C)=O. The third-order valence-corrected chi connectivity index (χ3v) is 1.29. The largest absolute Gasteiger partial charge is 0.463 e. The highest BCUT2D eigenvalue weighted by Gasteiger charge is 1.94. The molecule has 0 N–H and O–H groups in total. The monoisotopic (exact) mass is 264 g/mol. The Morgan fingerprint density at radius 3 is 1.17 bits per heavy atom. The molecule has 0 radical (unpaired) electrons. The molecular weight excluding hydrogens is 244 g/mol. The van der Waals surface area contributed by atoms with Crippen LogP contribution in [0.5, 0.6) is 0 Å². The smallest absolute Gasteiger partial charge is 0.302 e. The van der Waals surface area contributed by atoms with Gasteiger partial charge >= 0.3 is 17.9 Å². The fourth-order valence-electron chi connectivity index (χ4n) is 0.640. The maximum atomic E-state index is 10.1. The normalized spacial score (nSPS) is 8.67. The topological polar surface area (TPSA) is 88.1 Å². The van der Waals surface area contributed by atoms with E-state index in [2.05, 4.69) is 18.9 Å². The van der Waals surface area contributed by atoms with Crippen molar-refractivity contribution in [1.29, 1.82) is 0 Å². The summed E-state index contributed by atoms with van der Waals surface area (Å²) in [5, 5.41) is 0. The van der Waals surface area contributed by atoms with Gasteiger partial charge in [0.1, 0.15) is 19.8 Å². The van der Waals surface area contributed by atoms with E-state index < -0.39 is 0 Å². The van der Waals surface area contributed by atoms with Gasteiger partial charge in [0.05, 0.1) is 6.61 Å². The highest BCUT2D eigenvalue weighted by molar-refractivity contribution is 5.66. The molecule has 0 spiro atoms. The lowest BCUT2D eigenvalue weighted by molar-refractivity contribution is -0.149. The van der Waals surface area contributed by atoms with E-state index in [1.165, 1.54) is 20.8 Å². The third kappa shape index (κ3) is 23.9. The Balaban J connectivity index is 0. The van der Waals surface area contributed by atoms with Gasteiger partial charge in [-0.25, -0.2) is 0 Å². The van der Waals surface area contributed by atoms with Gasteiger partial charge in [-0.2, -0.15) is 0 Å². The number of hydrogen-bond acceptors (Lipinski definition) is 7. The Morgan fingerprint density at radius 1 is 0.667 bits per heavy atom. The van der Waals surface area contributed by atoms with Crippen molar-refractivity contribution in [2.45, 2.75) is 20.8 Å². The van der Waals surface area contributed by atoms with Crippen molar-refractivity contribution in [2.75, 3.05) is 33.5 Å². The van der Waals surface area contributed by atoms with Crippen LogP contribution in [0.4, 0.5) is 0 Å². The predicted molar refractivity (Wildman–Crippen MR) is 61.8 cm³/mol. The third-order valence-electron chi connectivity index (χ3n) is 1.29. The molecule has 0 unspecified atom stereocenters. The highest BCUT2D eigenvalue weighted by atomic mass is 16.6. The first kappa shape index (κ1) is 18.7. The van der Waals surface area contributed by atoms with E-state index in [0.29, 0.717) is 13.2 Å². The Labute approximate surface area is 106 Å². The molecule has 7 heteroatoms. The molecule has 0 aromatic carbocycles. The molecule has 0 aromatic heterocycles. The Hall–Kier alpha value is -1.63. The van der Waals surface area contributed by atoms with Crippen molar-refractivity contribution in [3.05, 3.63) is 0 Å². The van der Waals surface area contributed by atoms with Crippen molar-refractivity contribution >= 4 is 17.9 Å². The van der Waals surface area contributed by atoms with Crippen LogP contribution in [0.25, 0.3) is 0 Å².